The van der Waals surface area contributed by atoms with E-state index >= 15 is 0 Å². The van der Waals surface area contributed by atoms with Gasteiger partial charge in [-0.25, -0.2) is 0 Å². The number of amides is 1. The van der Waals surface area contributed by atoms with Crippen LogP contribution in [0.4, 0.5) is 5.69 Å². The largest absolute Gasteiger partial charge is 0.325 e. The number of aromatic nitrogens is 3. The van der Waals surface area contributed by atoms with Crippen molar-refractivity contribution in [3.63, 3.8) is 0 Å². The lowest BCUT2D eigenvalue weighted by Crippen LogP contribution is -2.39. The molecule has 3 atom stereocenters. The van der Waals surface area contributed by atoms with Crippen molar-refractivity contribution in [2.45, 2.75) is 44.2 Å². The van der Waals surface area contributed by atoms with E-state index in [1.165, 1.54) is 25.7 Å². The summed E-state index contributed by atoms with van der Waals surface area (Å²) >= 11 is 0. The van der Waals surface area contributed by atoms with E-state index in [0.29, 0.717) is 12.0 Å². The number of fused-ring (bicyclic) bond motifs is 1. The lowest BCUT2D eigenvalue weighted by molar-refractivity contribution is -0.117. The van der Waals surface area contributed by atoms with E-state index in [1.54, 1.807) is 17.2 Å². The maximum Gasteiger partial charge on any atom is 0.241 e. The molecule has 2 aromatic rings. The molecule has 0 bridgehead atoms. The van der Waals surface area contributed by atoms with Crippen LogP contribution >= 0.6 is 0 Å². The minimum Gasteiger partial charge on any atom is -0.325 e. The topological polar surface area (TPSA) is 71.8 Å². The molecule has 23 heavy (non-hydrogen) atoms. The molecule has 2 heterocycles. The molecule has 1 aliphatic carbocycles. The number of rotatable bonds is 3. The molecule has 120 valence electrons. The van der Waals surface area contributed by atoms with Gasteiger partial charge in [0.25, 0.3) is 0 Å². The number of carbonyl (C=O) groups is 1. The Bertz CT molecular complexity index is 653. The first-order valence-electron chi connectivity index (χ1n) is 8.33. The van der Waals surface area contributed by atoms with Gasteiger partial charge in [-0.15, -0.1) is 0 Å². The van der Waals surface area contributed by atoms with Crippen LogP contribution in [0.3, 0.4) is 0 Å². The van der Waals surface area contributed by atoms with E-state index < -0.39 is 0 Å². The van der Waals surface area contributed by atoms with Gasteiger partial charge in [-0.05, 0) is 49.4 Å². The molecule has 2 N–H and O–H groups in total. The van der Waals surface area contributed by atoms with Gasteiger partial charge in [0.15, 0.2) is 0 Å². The highest BCUT2D eigenvalue weighted by molar-refractivity contribution is 5.95. The van der Waals surface area contributed by atoms with E-state index in [4.69, 9.17) is 0 Å². The third kappa shape index (κ3) is 2.99. The number of nitrogens with one attached hydrogen (secondary N) is 2. The first-order valence-corrected chi connectivity index (χ1v) is 8.33. The Hall–Kier alpha value is -2.21. The highest BCUT2D eigenvalue weighted by Crippen LogP contribution is 2.33. The molecule has 1 aromatic heterocycles. The highest BCUT2D eigenvalue weighted by Gasteiger charge is 2.38. The van der Waals surface area contributed by atoms with Crippen LogP contribution in [0.15, 0.2) is 36.7 Å². The normalized spacial score (nSPS) is 26.7. The summed E-state index contributed by atoms with van der Waals surface area (Å²) in [5.74, 6) is 0.747. The van der Waals surface area contributed by atoms with Crippen molar-refractivity contribution in [2.75, 3.05) is 5.32 Å². The average molecular weight is 311 g/mol. The van der Waals surface area contributed by atoms with Crippen molar-refractivity contribution >= 4 is 11.6 Å². The van der Waals surface area contributed by atoms with Crippen molar-refractivity contribution < 1.29 is 4.79 Å². The van der Waals surface area contributed by atoms with Crippen molar-refractivity contribution in [3.8, 4) is 5.69 Å². The van der Waals surface area contributed by atoms with Crippen LogP contribution in [-0.2, 0) is 4.79 Å². The number of carbonyl (C=O) groups excluding carboxylic acids is 1. The summed E-state index contributed by atoms with van der Waals surface area (Å²) in [5.41, 5.74) is 1.68. The number of anilines is 1. The van der Waals surface area contributed by atoms with Gasteiger partial charge >= 0.3 is 0 Å². The zero-order valence-electron chi connectivity index (χ0n) is 13.0. The minimum atomic E-state index is -0.0597. The van der Waals surface area contributed by atoms with Gasteiger partial charge in [0.1, 0.15) is 0 Å². The van der Waals surface area contributed by atoms with Gasteiger partial charge < -0.3 is 10.6 Å². The molecule has 1 aromatic carbocycles. The zero-order valence-corrected chi connectivity index (χ0v) is 13.0. The van der Waals surface area contributed by atoms with Crippen LogP contribution in [0, 0.1) is 5.92 Å². The van der Waals surface area contributed by atoms with Crippen LogP contribution in [-0.4, -0.2) is 33.0 Å². The maximum atomic E-state index is 12.5. The van der Waals surface area contributed by atoms with Crippen LogP contribution in [0.5, 0.6) is 0 Å². The fraction of sp³-hybridized carbons (Fsp3) is 0.471. The summed E-state index contributed by atoms with van der Waals surface area (Å²) in [4.78, 5) is 14.0. The quantitative estimate of drug-likeness (QED) is 0.911. The molecular formula is C17H21N5O. The second kappa shape index (κ2) is 6.12. The molecule has 3 unspecified atom stereocenters. The second-order valence-electron chi connectivity index (χ2n) is 6.46. The van der Waals surface area contributed by atoms with Crippen molar-refractivity contribution in [1.29, 1.82) is 0 Å². The number of hydrogen-bond acceptors (Lipinski definition) is 4. The third-order valence-electron chi connectivity index (χ3n) is 4.96. The lowest BCUT2D eigenvalue weighted by atomic mass is 9.85. The van der Waals surface area contributed by atoms with Gasteiger partial charge in [0.2, 0.25) is 5.91 Å². The monoisotopic (exact) mass is 311 g/mol. The van der Waals surface area contributed by atoms with Gasteiger partial charge in [-0.1, -0.05) is 12.8 Å². The predicted octanol–water partition coefficient (Wildman–Crippen LogP) is 2.13. The molecule has 6 heteroatoms. The first-order chi connectivity index (χ1) is 11.3. The Morgan fingerprint density at radius 3 is 2.61 bits per heavy atom. The summed E-state index contributed by atoms with van der Waals surface area (Å²) in [6.45, 7) is 0. The van der Waals surface area contributed by atoms with E-state index in [-0.39, 0.29) is 11.9 Å². The van der Waals surface area contributed by atoms with Crippen molar-refractivity contribution in [1.82, 2.24) is 20.3 Å². The summed E-state index contributed by atoms with van der Waals surface area (Å²) in [5, 5.41) is 14.7. The Kier molecular flexibility index (Phi) is 3.83. The van der Waals surface area contributed by atoms with Gasteiger partial charge in [-0.3, -0.25) is 4.79 Å². The summed E-state index contributed by atoms with van der Waals surface area (Å²) in [6.07, 6.45) is 9.30. The van der Waals surface area contributed by atoms with Crippen LogP contribution in [0.1, 0.15) is 32.1 Å². The van der Waals surface area contributed by atoms with Gasteiger partial charge in [-0.2, -0.15) is 15.0 Å². The molecule has 1 saturated carbocycles. The zero-order chi connectivity index (χ0) is 15.6. The standard InChI is InChI=1S/C17H21N5O/c23-17(16-11-12-3-1-2-4-15(12)21-16)20-13-5-7-14(8-6-13)22-18-9-10-19-22/h5-10,12,15-16,21H,1-4,11H2,(H,20,23). The molecule has 1 aliphatic heterocycles. The molecule has 1 saturated heterocycles. The molecular weight excluding hydrogens is 290 g/mol. The highest BCUT2D eigenvalue weighted by atomic mass is 16.2. The number of hydrogen-bond donors (Lipinski definition) is 2. The molecule has 4 rings (SSSR count). The summed E-state index contributed by atoms with van der Waals surface area (Å²) < 4.78 is 0. The molecule has 0 radical (unpaired) electrons. The summed E-state index contributed by atoms with van der Waals surface area (Å²) in [7, 11) is 0. The molecule has 2 aliphatic rings. The van der Waals surface area contributed by atoms with E-state index in [1.807, 2.05) is 24.3 Å². The van der Waals surface area contributed by atoms with Crippen molar-refractivity contribution in [2.24, 2.45) is 5.92 Å². The fourth-order valence-electron chi connectivity index (χ4n) is 3.78. The molecule has 6 nitrogen and oxygen atoms in total. The Balaban J connectivity index is 1.39. The maximum absolute atomic E-state index is 12.5. The van der Waals surface area contributed by atoms with Crippen LogP contribution < -0.4 is 10.6 Å². The van der Waals surface area contributed by atoms with Crippen LogP contribution in [0.25, 0.3) is 5.69 Å². The molecule has 1 amide bonds. The van der Waals surface area contributed by atoms with E-state index in [0.717, 1.165) is 17.8 Å². The lowest BCUT2D eigenvalue weighted by Gasteiger charge is -2.24. The SMILES string of the molecule is O=C(Nc1ccc(-n2nccn2)cc1)C1CC2CCCCC2N1. The minimum absolute atomic E-state index is 0.0597. The second-order valence-corrected chi connectivity index (χ2v) is 6.46. The Morgan fingerprint density at radius 1 is 1.13 bits per heavy atom. The van der Waals surface area contributed by atoms with Gasteiger partial charge in [0, 0.05) is 11.7 Å². The predicted molar refractivity (Wildman–Crippen MR) is 87.3 cm³/mol. The summed E-state index contributed by atoms with van der Waals surface area (Å²) in [6, 6.07) is 8.05. The van der Waals surface area contributed by atoms with Crippen molar-refractivity contribution in [3.05, 3.63) is 36.7 Å². The third-order valence-corrected chi connectivity index (χ3v) is 4.96. The number of benzene rings is 1. The van der Waals surface area contributed by atoms with E-state index in [9.17, 15) is 4.79 Å². The number of nitrogens with zero attached hydrogens (tertiary/aromatic N) is 3. The Morgan fingerprint density at radius 2 is 1.87 bits per heavy atom. The smallest absolute Gasteiger partial charge is 0.241 e. The first kappa shape index (κ1) is 14.4. The Labute approximate surface area is 135 Å². The molecule has 2 fully saturated rings. The average Bonchev–Trinajstić information content (AvgIpc) is 3.25. The fourth-order valence-corrected chi connectivity index (χ4v) is 3.78. The molecule has 0 spiro atoms. The van der Waals surface area contributed by atoms with E-state index in [2.05, 4.69) is 20.8 Å². The van der Waals surface area contributed by atoms with Gasteiger partial charge in [0.05, 0.1) is 24.1 Å². The van der Waals surface area contributed by atoms with Crippen LogP contribution in [0.2, 0.25) is 0 Å².